The summed E-state index contributed by atoms with van der Waals surface area (Å²) in [5, 5.41) is 12.9. The molecule has 0 unspecified atom stereocenters. The summed E-state index contributed by atoms with van der Waals surface area (Å²) in [4.78, 5) is 18.2. The molecule has 2 aromatic rings. The van der Waals surface area contributed by atoms with Gasteiger partial charge in [-0.15, -0.1) is 0 Å². The van der Waals surface area contributed by atoms with E-state index in [-0.39, 0.29) is 10.0 Å². The predicted octanol–water partition coefficient (Wildman–Crippen LogP) is 1.08. The zero-order valence-corrected chi connectivity index (χ0v) is 8.16. The largest absolute Gasteiger partial charge is 0.477 e. The Morgan fingerprint density at radius 1 is 1.64 bits per heavy atom. The molecule has 6 nitrogen and oxygen atoms in total. The van der Waals surface area contributed by atoms with Crippen LogP contribution in [-0.2, 0) is 0 Å². The first-order valence-corrected chi connectivity index (χ1v) is 4.62. The van der Waals surface area contributed by atoms with Gasteiger partial charge in [-0.1, -0.05) is 22.9 Å². The highest BCUT2D eigenvalue weighted by Crippen LogP contribution is 2.24. The summed E-state index contributed by atoms with van der Waals surface area (Å²) in [6, 6.07) is 0. The Labute approximate surface area is 86.8 Å². The first-order valence-electron chi connectivity index (χ1n) is 3.43. The van der Waals surface area contributed by atoms with Crippen LogP contribution in [0, 0.1) is 0 Å². The molecule has 0 fully saturated rings. The van der Waals surface area contributed by atoms with Crippen LogP contribution in [0.3, 0.4) is 0 Å². The van der Waals surface area contributed by atoms with Crippen molar-refractivity contribution in [1.82, 2.24) is 19.7 Å². The Bertz CT molecular complexity index is 466. The normalized spacial score (nSPS) is 10.4. The number of aromatic nitrogens is 4. The van der Waals surface area contributed by atoms with Crippen LogP contribution in [0.2, 0.25) is 5.15 Å². The van der Waals surface area contributed by atoms with Gasteiger partial charge in [-0.2, -0.15) is 9.78 Å². The van der Waals surface area contributed by atoms with Crippen molar-refractivity contribution in [1.29, 1.82) is 0 Å². The minimum Gasteiger partial charge on any atom is -0.477 e. The second-order valence-electron chi connectivity index (χ2n) is 2.26. The molecule has 0 radical (unpaired) electrons. The van der Waals surface area contributed by atoms with E-state index in [1.165, 1.54) is 17.3 Å². The number of carbonyl (C=O) groups is 1. The number of hydrogen-bond acceptors (Lipinski definition) is 5. The molecular weight excluding hydrogens is 228 g/mol. The van der Waals surface area contributed by atoms with Crippen molar-refractivity contribution in [2.24, 2.45) is 0 Å². The molecule has 0 saturated carbocycles. The zero-order chi connectivity index (χ0) is 10.1. The molecule has 0 amide bonds. The topological polar surface area (TPSA) is 80.9 Å². The first kappa shape index (κ1) is 9.10. The van der Waals surface area contributed by atoms with Crippen molar-refractivity contribution in [2.45, 2.75) is 0 Å². The summed E-state index contributed by atoms with van der Waals surface area (Å²) in [6.45, 7) is 0. The summed E-state index contributed by atoms with van der Waals surface area (Å²) in [7, 11) is 0. The molecule has 14 heavy (non-hydrogen) atoms. The van der Waals surface area contributed by atoms with Gasteiger partial charge in [0.05, 0.1) is 0 Å². The first-order chi connectivity index (χ1) is 6.68. The third-order valence-corrected chi connectivity index (χ3v) is 2.80. The van der Waals surface area contributed by atoms with Gasteiger partial charge >= 0.3 is 5.97 Å². The Morgan fingerprint density at radius 2 is 2.43 bits per heavy atom. The molecule has 2 rings (SSSR count). The zero-order valence-electron chi connectivity index (χ0n) is 6.59. The second kappa shape index (κ2) is 3.35. The van der Waals surface area contributed by atoms with Gasteiger partial charge in [0.25, 0.3) is 0 Å². The minimum absolute atomic E-state index is 0.00262. The lowest BCUT2D eigenvalue weighted by atomic mass is 10.6. The van der Waals surface area contributed by atoms with E-state index in [9.17, 15) is 4.79 Å². The Morgan fingerprint density at radius 3 is 2.93 bits per heavy atom. The van der Waals surface area contributed by atoms with Crippen LogP contribution in [0.4, 0.5) is 0 Å². The standard InChI is InChI=1S/C6H3ClN4O2S/c7-4-3(5(12)13)14-6(10-4)11-2-8-1-9-11/h1-2H,(H,12,13). The highest BCUT2D eigenvalue weighted by Gasteiger charge is 2.16. The SMILES string of the molecule is O=C(O)c1sc(-n2cncn2)nc1Cl. The fraction of sp³-hybridized carbons (Fsp3) is 0. The van der Waals surface area contributed by atoms with Crippen LogP contribution in [0.15, 0.2) is 12.7 Å². The van der Waals surface area contributed by atoms with E-state index >= 15 is 0 Å². The van der Waals surface area contributed by atoms with Gasteiger partial charge in [0.2, 0.25) is 5.13 Å². The fourth-order valence-electron chi connectivity index (χ4n) is 0.828. The highest BCUT2D eigenvalue weighted by molar-refractivity contribution is 7.16. The van der Waals surface area contributed by atoms with E-state index in [1.54, 1.807) is 0 Å². The van der Waals surface area contributed by atoms with Crippen molar-refractivity contribution in [3.05, 3.63) is 22.7 Å². The van der Waals surface area contributed by atoms with Crippen LogP contribution >= 0.6 is 22.9 Å². The summed E-state index contributed by atoms with van der Waals surface area (Å²) >= 11 is 6.56. The molecule has 72 valence electrons. The molecule has 0 bridgehead atoms. The lowest BCUT2D eigenvalue weighted by molar-refractivity contribution is 0.0702. The monoisotopic (exact) mass is 230 g/mol. The molecule has 0 aliphatic heterocycles. The van der Waals surface area contributed by atoms with Crippen LogP contribution in [0.1, 0.15) is 9.67 Å². The number of aromatic carboxylic acids is 1. The molecule has 0 saturated heterocycles. The van der Waals surface area contributed by atoms with E-state index < -0.39 is 5.97 Å². The van der Waals surface area contributed by atoms with Crippen LogP contribution in [-0.4, -0.2) is 30.8 Å². The highest BCUT2D eigenvalue weighted by atomic mass is 35.5. The number of hydrogen-bond donors (Lipinski definition) is 1. The van der Waals surface area contributed by atoms with E-state index in [0.29, 0.717) is 5.13 Å². The predicted molar refractivity (Wildman–Crippen MR) is 49.0 cm³/mol. The lowest BCUT2D eigenvalue weighted by Gasteiger charge is -1.88. The van der Waals surface area contributed by atoms with Gasteiger partial charge in [-0.05, 0) is 0 Å². The van der Waals surface area contributed by atoms with E-state index in [0.717, 1.165) is 11.3 Å². The van der Waals surface area contributed by atoms with Gasteiger partial charge in [0.15, 0.2) is 10.0 Å². The smallest absolute Gasteiger partial charge is 0.349 e. The van der Waals surface area contributed by atoms with Crippen LogP contribution in [0.5, 0.6) is 0 Å². The molecule has 2 heterocycles. The molecule has 0 aliphatic rings. The van der Waals surface area contributed by atoms with Crippen molar-refractivity contribution in [2.75, 3.05) is 0 Å². The average molecular weight is 231 g/mol. The number of halogens is 1. The number of rotatable bonds is 2. The Balaban J connectivity index is 2.48. The molecule has 0 atom stereocenters. The molecular formula is C6H3ClN4O2S. The number of carboxylic acid groups (broad SMARTS) is 1. The lowest BCUT2D eigenvalue weighted by Crippen LogP contribution is -1.92. The molecule has 0 spiro atoms. The summed E-state index contributed by atoms with van der Waals surface area (Å²) in [5.41, 5.74) is 0. The summed E-state index contributed by atoms with van der Waals surface area (Å²) < 4.78 is 1.35. The molecule has 0 aromatic carbocycles. The van der Waals surface area contributed by atoms with Crippen molar-refractivity contribution in [3.8, 4) is 5.13 Å². The number of thiazole rings is 1. The Hall–Kier alpha value is -1.47. The fourth-order valence-corrected chi connectivity index (χ4v) is 1.88. The molecule has 2 aromatic heterocycles. The quantitative estimate of drug-likeness (QED) is 0.835. The number of carboxylic acids is 1. The van der Waals surface area contributed by atoms with E-state index in [1.807, 2.05) is 0 Å². The maximum Gasteiger partial charge on any atom is 0.349 e. The van der Waals surface area contributed by atoms with Crippen molar-refractivity contribution in [3.63, 3.8) is 0 Å². The molecule has 1 N–H and O–H groups in total. The van der Waals surface area contributed by atoms with E-state index in [4.69, 9.17) is 16.7 Å². The maximum absolute atomic E-state index is 10.6. The third kappa shape index (κ3) is 1.47. The van der Waals surface area contributed by atoms with Crippen LogP contribution < -0.4 is 0 Å². The number of nitrogens with zero attached hydrogens (tertiary/aromatic N) is 4. The van der Waals surface area contributed by atoms with Crippen molar-refractivity contribution < 1.29 is 9.90 Å². The van der Waals surface area contributed by atoms with Gasteiger partial charge in [-0.3, -0.25) is 0 Å². The van der Waals surface area contributed by atoms with Gasteiger partial charge in [-0.25, -0.2) is 14.8 Å². The summed E-state index contributed by atoms with van der Waals surface area (Å²) in [6.07, 6.45) is 2.75. The van der Waals surface area contributed by atoms with Crippen molar-refractivity contribution >= 4 is 28.9 Å². The van der Waals surface area contributed by atoms with E-state index in [2.05, 4.69) is 15.1 Å². The van der Waals surface area contributed by atoms with Gasteiger partial charge < -0.3 is 5.11 Å². The average Bonchev–Trinajstić information content (AvgIpc) is 2.70. The second-order valence-corrected chi connectivity index (χ2v) is 3.60. The third-order valence-electron chi connectivity index (χ3n) is 1.38. The minimum atomic E-state index is -1.10. The summed E-state index contributed by atoms with van der Waals surface area (Å²) in [5.74, 6) is -1.10. The van der Waals surface area contributed by atoms with Gasteiger partial charge in [0, 0.05) is 0 Å². The van der Waals surface area contributed by atoms with Gasteiger partial charge in [0.1, 0.15) is 12.7 Å². The Kier molecular flexibility index (Phi) is 2.18. The molecule has 8 heteroatoms. The molecule has 0 aliphatic carbocycles. The van der Waals surface area contributed by atoms with Crippen LogP contribution in [0.25, 0.3) is 5.13 Å². The maximum atomic E-state index is 10.6.